The fraction of sp³-hybridized carbons (Fsp3) is 0. The molecule has 0 aliphatic heterocycles. The van der Waals surface area contributed by atoms with Gasteiger partial charge in [-0.2, -0.15) is 4.98 Å². The van der Waals surface area contributed by atoms with Gasteiger partial charge in [0.1, 0.15) is 5.58 Å². The average Bonchev–Trinajstić information content (AvgIpc) is 3.90. The molecule has 12 aromatic rings. The van der Waals surface area contributed by atoms with Crippen LogP contribution >= 0.6 is 0 Å². The summed E-state index contributed by atoms with van der Waals surface area (Å²) < 4.78 is 9.05. The molecule has 0 atom stereocenters. The molecule has 0 aliphatic rings. The molecular formula is C58H37N3O. The summed E-state index contributed by atoms with van der Waals surface area (Å²) in [5, 5.41) is 4.29. The third-order valence-electron chi connectivity index (χ3n) is 12.0. The van der Waals surface area contributed by atoms with Gasteiger partial charge in [0.2, 0.25) is 5.71 Å². The normalized spacial score (nSPS) is 11.5. The maximum Gasteiger partial charge on any atom is 0.231 e. The predicted octanol–water partition coefficient (Wildman–Crippen LogP) is 15.5. The summed E-state index contributed by atoms with van der Waals surface area (Å²) in [6, 6.07) is 79.3. The number of benzene rings is 9. The van der Waals surface area contributed by atoms with Gasteiger partial charge in [-0.1, -0.05) is 164 Å². The van der Waals surface area contributed by atoms with Crippen molar-refractivity contribution in [3.05, 3.63) is 224 Å². The van der Waals surface area contributed by atoms with E-state index in [-0.39, 0.29) is 0 Å². The molecule has 0 amide bonds. The van der Waals surface area contributed by atoms with E-state index < -0.39 is 0 Å². The highest BCUT2D eigenvalue weighted by Crippen LogP contribution is 2.41. The van der Waals surface area contributed by atoms with Crippen LogP contribution < -0.4 is 0 Å². The Balaban J connectivity index is 1.02. The molecule has 0 bridgehead atoms. The summed E-state index contributed by atoms with van der Waals surface area (Å²) in [6.45, 7) is 0. The molecule has 0 aliphatic carbocycles. The van der Waals surface area contributed by atoms with Crippen molar-refractivity contribution >= 4 is 43.9 Å². The van der Waals surface area contributed by atoms with E-state index in [0.717, 1.165) is 77.8 Å². The number of furan rings is 1. The Hall–Kier alpha value is -8.34. The minimum absolute atomic E-state index is 0.559. The van der Waals surface area contributed by atoms with E-state index in [1.807, 2.05) is 18.2 Å². The Morgan fingerprint density at radius 1 is 0.323 bits per heavy atom. The fourth-order valence-corrected chi connectivity index (χ4v) is 9.03. The van der Waals surface area contributed by atoms with Crippen LogP contribution in [0.5, 0.6) is 0 Å². The highest BCUT2D eigenvalue weighted by atomic mass is 16.3. The molecule has 4 heteroatoms. The van der Waals surface area contributed by atoms with E-state index in [1.54, 1.807) is 0 Å². The minimum atomic E-state index is 0.559. The summed E-state index contributed by atoms with van der Waals surface area (Å²) in [5.74, 6) is 0.613. The predicted molar refractivity (Wildman–Crippen MR) is 256 cm³/mol. The van der Waals surface area contributed by atoms with Gasteiger partial charge in [-0.15, -0.1) is 0 Å². The van der Waals surface area contributed by atoms with Crippen LogP contribution in [-0.2, 0) is 0 Å². The van der Waals surface area contributed by atoms with Crippen molar-refractivity contribution in [1.82, 2.24) is 14.5 Å². The number of hydrogen-bond donors (Lipinski definition) is 0. The van der Waals surface area contributed by atoms with E-state index >= 15 is 0 Å². The van der Waals surface area contributed by atoms with Gasteiger partial charge in [-0.05, 0) is 105 Å². The topological polar surface area (TPSA) is 43.9 Å². The van der Waals surface area contributed by atoms with Crippen LogP contribution in [0.25, 0.3) is 117 Å². The van der Waals surface area contributed by atoms with E-state index in [0.29, 0.717) is 11.5 Å². The highest BCUT2D eigenvalue weighted by Gasteiger charge is 2.21. The molecule has 3 heterocycles. The summed E-state index contributed by atoms with van der Waals surface area (Å²) in [4.78, 5) is 10.6. The standard InChI is InChI=1S/C58H37N3O/c1-5-16-38(17-6-1)42-24-15-25-48(35-42)61-52-27-14-13-26-49(52)50-36-43(28-30-53(50)61)44-29-31-54-51(37-44)55-56(41-22-11-4-12-23-41)59-57(60-58(55)62-54)47-33-45(39-18-7-2-8-19-39)32-46(34-47)40-20-9-3-10-21-40/h1-37H. The lowest BCUT2D eigenvalue weighted by atomic mass is 9.95. The molecule has 0 fully saturated rings. The lowest BCUT2D eigenvalue weighted by molar-refractivity contribution is 0.653. The first-order chi connectivity index (χ1) is 30.7. The zero-order chi connectivity index (χ0) is 41.0. The van der Waals surface area contributed by atoms with Crippen molar-refractivity contribution in [2.45, 2.75) is 0 Å². The zero-order valence-corrected chi connectivity index (χ0v) is 33.6. The highest BCUT2D eigenvalue weighted by molar-refractivity contribution is 6.13. The van der Waals surface area contributed by atoms with Crippen molar-refractivity contribution in [1.29, 1.82) is 0 Å². The third kappa shape index (κ3) is 6.16. The second-order valence-electron chi connectivity index (χ2n) is 15.8. The second kappa shape index (κ2) is 14.7. The number of fused-ring (bicyclic) bond motifs is 6. The number of para-hydroxylation sites is 1. The van der Waals surface area contributed by atoms with E-state index in [2.05, 4.69) is 211 Å². The maximum absolute atomic E-state index is 6.66. The van der Waals surface area contributed by atoms with Gasteiger partial charge in [0.15, 0.2) is 5.82 Å². The monoisotopic (exact) mass is 791 g/mol. The fourth-order valence-electron chi connectivity index (χ4n) is 9.03. The number of rotatable bonds is 7. The number of aromatic nitrogens is 3. The summed E-state index contributed by atoms with van der Waals surface area (Å²) in [6.07, 6.45) is 0. The molecule has 9 aromatic carbocycles. The SMILES string of the molecule is c1ccc(-c2cc(-c3ccccc3)cc(-c3nc(-c4ccccc4)c4c(n3)oc3ccc(-c5ccc6c(c5)c5ccccc5n6-c5cccc(-c6ccccc6)c5)cc34)c2)cc1. The van der Waals surface area contributed by atoms with Crippen molar-refractivity contribution in [3.63, 3.8) is 0 Å². The Morgan fingerprint density at radius 3 is 1.52 bits per heavy atom. The first-order valence-corrected chi connectivity index (χ1v) is 21.0. The smallest absolute Gasteiger partial charge is 0.231 e. The lowest BCUT2D eigenvalue weighted by Crippen LogP contribution is -1.95. The van der Waals surface area contributed by atoms with Gasteiger partial charge in [0.25, 0.3) is 0 Å². The van der Waals surface area contributed by atoms with E-state index in [9.17, 15) is 0 Å². The maximum atomic E-state index is 6.66. The molecule has 0 radical (unpaired) electrons. The molecule has 0 saturated heterocycles. The average molecular weight is 792 g/mol. The molecule has 0 unspecified atom stereocenters. The summed E-state index contributed by atoms with van der Waals surface area (Å²) in [5.41, 5.74) is 16.6. The Kier molecular flexibility index (Phi) is 8.46. The molecule has 0 saturated carbocycles. The summed E-state index contributed by atoms with van der Waals surface area (Å²) >= 11 is 0. The molecule has 0 N–H and O–H groups in total. The first-order valence-electron chi connectivity index (χ1n) is 21.0. The van der Waals surface area contributed by atoms with Crippen molar-refractivity contribution in [3.8, 4) is 72.8 Å². The van der Waals surface area contributed by atoms with Gasteiger partial charge in [-0.25, -0.2) is 4.98 Å². The number of nitrogens with zero attached hydrogens (tertiary/aromatic N) is 3. The van der Waals surface area contributed by atoms with Crippen LogP contribution in [0.3, 0.4) is 0 Å². The molecular weight excluding hydrogens is 755 g/mol. The van der Waals surface area contributed by atoms with Gasteiger partial charge in [0, 0.05) is 33.0 Å². The molecule has 62 heavy (non-hydrogen) atoms. The van der Waals surface area contributed by atoms with Crippen molar-refractivity contribution < 1.29 is 4.42 Å². The zero-order valence-electron chi connectivity index (χ0n) is 33.6. The van der Waals surface area contributed by atoms with Gasteiger partial charge in [0.05, 0.1) is 22.1 Å². The van der Waals surface area contributed by atoms with Crippen LogP contribution in [0.2, 0.25) is 0 Å². The summed E-state index contributed by atoms with van der Waals surface area (Å²) in [7, 11) is 0. The molecule has 12 rings (SSSR count). The Bertz CT molecular complexity index is 3550. The van der Waals surface area contributed by atoms with Crippen LogP contribution in [0.4, 0.5) is 0 Å². The van der Waals surface area contributed by atoms with Crippen LogP contribution in [0, 0.1) is 0 Å². The lowest BCUT2D eigenvalue weighted by Gasteiger charge is -2.12. The Morgan fingerprint density at radius 2 is 0.839 bits per heavy atom. The van der Waals surface area contributed by atoms with E-state index in [1.165, 1.54) is 27.4 Å². The van der Waals surface area contributed by atoms with Gasteiger partial charge < -0.3 is 8.98 Å². The Labute approximate surface area is 358 Å². The van der Waals surface area contributed by atoms with Crippen LogP contribution in [-0.4, -0.2) is 14.5 Å². The quantitative estimate of drug-likeness (QED) is 0.161. The molecule has 3 aromatic heterocycles. The van der Waals surface area contributed by atoms with Crippen LogP contribution in [0.1, 0.15) is 0 Å². The third-order valence-corrected chi connectivity index (χ3v) is 12.0. The van der Waals surface area contributed by atoms with Gasteiger partial charge in [-0.3, -0.25) is 0 Å². The van der Waals surface area contributed by atoms with Crippen molar-refractivity contribution in [2.75, 3.05) is 0 Å². The minimum Gasteiger partial charge on any atom is -0.438 e. The van der Waals surface area contributed by atoms with E-state index in [4.69, 9.17) is 14.4 Å². The number of hydrogen-bond acceptors (Lipinski definition) is 3. The molecule has 4 nitrogen and oxygen atoms in total. The van der Waals surface area contributed by atoms with Crippen LogP contribution in [0.15, 0.2) is 229 Å². The molecule has 290 valence electrons. The van der Waals surface area contributed by atoms with Crippen molar-refractivity contribution in [2.24, 2.45) is 0 Å². The first kappa shape index (κ1) is 35.6. The second-order valence-corrected chi connectivity index (χ2v) is 15.8. The molecule has 0 spiro atoms. The largest absolute Gasteiger partial charge is 0.438 e. The van der Waals surface area contributed by atoms with Gasteiger partial charge >= 0.3 is 0 Å².